The molecule has 10 aliphatic rings. The third-order valence-electron chi connectivity index (χ3n) is 21.4. The van der Waals surface area contributed by atoms with E-state index in [1.54, 1.807) is 12.1 Å². The molecule has 13 heteroatoms. The van der Waals surface area contributed by atoms with Gasteiger partial charge in [-0.15, -0.1) is 0 Å². The third-order valence-corrected chi connectivity index (χ3v) is 21.4. The Morgan fingerprint density at radius 1 is 0.600 bits per heavy atom. The van der Waals surface area contributed by atoms with E-state index in [0.717, 1.165) is 92.4 Å². The van der Waals surface area contributed by atoms with Crippen LogP contribution in [0.15, 0.2) is 140 Å². The molecule has 6 aliphatic carbocycles. The molecular weight excluding hydrogens is 1000 g/mol. The Labute approximate surface area is 467 Å². The maximum Gasteiger partial charge on any atom is 0.252 e. The number of pyridine rings is 1. The number of carbonyl (C=O) groups excluding carboxylic acids is 2. The summed E-state index contributed by atoms with van der Waals surface area (Å²) in [7, 11) is 0. The van der Waals surface area contributed by atoms with Crippen LogP contribution in [0.5, 0.6) is 23.0 Å². The van der Waals surface area contributed by atoms with Crippen LogP contribution in [-0.2, 0) is 36.8 Å². The van der Waals surface area contributed by atoms with Gasteiger partial charge in [0.05, 0.1) is 47.2 Å². The van der Waals surface area contributed by atoms with Crippen LogP contribution in [0.3, 0.4) is 0 Å². The summed E-state index contributed by atoms with van der Waals surface area (Å²) in [5, 5.41) is 54.1. The monoisotopic (exact) mass is 1080 g/mol. The lowest BCUT2D eigenvalue weighted by atomic mass is 9.47. The molecule has 5 heterocycles. The fourth-order valence-electron chi connectivity index (χ4n) is 17.5. The predicted octanol–water partition coefficient (Wildman–Crippen LogP) is 7.56. The van der Waals surface area contributed by atoms with Gasteiger partial charge in [0.1, 0.15) is 30.4 Å². The van der Waals surface area contributed by atoms with Crippen LogP contribution in [0.4, 0.5) is 0 Å². The summed E-state index contributed by atoms with van der Waals surface area (Å²) < 4.78 is 16.2. The van der Waals surface area contributed by atoms with Crippen molar-refractivity contribution in [2.24, 2.45) is 11.8 Å². The number of nitrogens with one attached hydrogen (secondary N) is 2. The molecule has 2 spiro atoms. The quantitative estimate of drug-likeness (QED) is 0.0537. The van der Waals surface area contributed by atoms with Crippen molar-refractivity contribution in [3.63, 3.8) is 0 Å². The molecule has 0 radical (unpaired) electrons. The third kappa shape index (κ3) is 7.66. The molecule has 4 bridgehead atoms. The van der Waals surface area contributed by atoms with Crippen LogP contribution in [-0.4, -0.2) is 115 Å². The highest BCUT2D eigenvalue weighted by atomic mass is 16.5. The van der Waals surface area contributed by atoms with E-state index in [1.165, 1.54) is 47.9 Å². The molecular formula is C67H73N5O8+2. The van der Waals surface area contributed by atoms with Gasteiger partial charge in [0.25, 0.3) is 11.8 Å². The highest BCUT2D eigenvalue weighted by Crippen LogP contribution is 2.68. The van der Waals surface area contributed by atoms with E-state index in [9.17, 15) is 30.0 Å². The number of quaternary nitrogens is 1. The average Bonchev–Trinajstić information content (AvgIpc) is 4.53. The molecule has 6 N–H and O–H groups in total. The van der Waals surface area contributed by atoms with Gasteiger partial charge in [-0.3, -0.25) is 14.5 Å². The number of benzene rings is 5. The maximum atomic E-state index is 13.5. The number of likely N-dealkylation sites (tertiary alicyclic amines) is 2. The number of piperidine rings is 2. The van der Waals surface area contributed by atoms with E-state index in [0.29, 0.717) is 48.3 Å². The summed E-state index contributed by atoms with van der Waals surface area (Å²) in [6, 6.07) is 41.1. The van der Waals surface area contributed by atoms with E-state index in [2.05, 4.69) is 68.6 Å². The van der Waals surface area contributed by atoms with Gasteiger partial charge in [0.2, 0.25) is 0 Å². The van der Waals surface area contributed by atoms with Crippen LogP contribution in [0.25, 0.3) is 0 Å². The second-order valence-corrected chi connectivity index (χ2v) is 25.7. The molecule has 16 rings (SSSR count). The first-order valence-electron chi connectivity index (χ1n) is 29.7. The van der Waals surface area contributed by atoms with Crippen molar-refractivity contribution in [2.75, 3.05) is 26.2 Å². The predicted molar refractivity (Wildman–Crippen MR) is 299 cm³/mol. The number of phenolic OH excluding ortho intramolecular Hbond substituents is 2. The van der Waals surface area contributed by atoms with Crippen LogP contribution in [0, 0.1) is 11.8 Å². The number of nitrogens with zero attached hydrogens (tertiary/aromatic N) is 3. The van der Waals surface area contributed by atoms with Crippen molar-refractivity contribution in [3.8, 4) is 23.0 Å². The van der Waals surface area contributed by atoms with E-state index in [-0.39, 0.29) is 47.5 Å². The van der Waals surface area contributed by atoms with Gasteiger partial charge in [-0.2, -0.15) is 0 Å². The smallest absolute Gasteiger partial charge is 0.252 e. The van der Waals surface area contributed by atoms with E-state index in [1.807, 2.05) is 79.1 Å². The van der Waals surface area contributed by atoms with Gasteiger partial charge in [-0.1, -0.05) is 91.0 Å². The zero-order valence-electron chi connectivity index (χ0n) is 45.4. The largest absolute Gasteiger partial charge is 0.504 e. The van der Waals surface area contributed by atoms with Gasteiger partial charge in [0.15, 0.2) is 41.9 Å². The average molecular weight is 1080 g/mol. The molecule has 2 saturated heterocycles. The SMILES string of the molecule is O=C(N[C@@H]1CC[C@@]2(O)[C@H]3Cc4ccc(O)c5c4C2(CCN3CC2CC2)[C@H]1O5)c1cc[n+](Cc2ccccc2)cc1.O=C(N[C@@H]1CC[C@@]2(O)[C@H]3Cc4ccc(O)c5c4C2(CC[N@+]3(Cc2ccccc2)CC2CC2)[C@H]1O5)c1ccccc1. The van der Waals surface area contributed by atoms with Crippen LogP contribution in [0.2, 0.25) is 0 Å². The van der Waals surface area contributed by atoms with Gasteiger partial charge >= 0.3 is 0 Å². The number of hydrogen-bond acceptors (Lipinski definition) is 9. The molecule has 5 aromatic carbocycles. The molecule has 1 aromatic heterocycles. The Morgan fingerprint density at radius 3 is 1.74 bits per heavy atom. The fourth-order valence-corrected chi connectivity index (χ4v) is 17.5. The summed E-state index contributed by atoms with van der Waals surface area (Å²) in [5.41, 5.74) is 4.86. The van der Waals surface area contributed by atoms with Crippen molar-refractivity contribution < 1.29 is 48.5 Å². The molecule has 2 unspecified atom stereocenters. The van der Waals surface area contributed by atoms with Crippen molar-refractivity contribution in [1.29, 1.82) is 0 Å². The summed E-state index contributed by atoms with van der Waals surface area (Å²) in [6.07, 6.45) is 13.7. The van der Waals surface area contributed by atoms with Crippen molar-refractivity contribution >= 4 is 11.8 Å². The Balaban J connectivity index is 0.000000138. The fraction of sp³-hybridized carbons (Fsp3) is 0.448. The number of carbonyl (C=O) groups is 2. The Hall–Kier alpha value is -6.77. The standard InChI is InChI=1S/C34H36N2O4.C33H35N3O4/c37-27-14-13-25-19-28-34(39)16-15-26(35-32(38)24-9-5-2-6-10-24)31-33(34,29(25)30(27)40-31)17-18-36(28,21-23-11-12-23)20-22-7-3-1-4-8-22;37-26-9-8-24-18-27-33(39)13-10-25(30-32(33,28(24)29(26)40-30)14-17-36(27)20-22-6-7-22)34-31(38)23-11-15-35(16-12-23)19-21-4-2-1-3-5-21/h1-10,13-14,23,26,28,31,39H,11-12,15-21H2,(H-,35,37,38);1-5,8-9,11-12,15-16,22,25,27,30,39H,6-7,10,13-14,17-20H2,(H-,34,37,38)/p+2/t26-,28-,31+,33?,34-,36+;25-,27-,30+,32?,33-/m11/s1. The Bertz CT molecular complexity index is 3400. The van der Waals surface area contributed by atoms with Crippen LogP contribution < -0.4 is 24.7 Å². The van der Waals surface area contributed by atoms with Crippen molar-refractivity contribution in [2.45, 2.75) is 149 Å². The van der Waals surface area contributed by atoms with Crippen molar-refractivity contribution in [3.05, 3.63) is 184 Å². The minimum absolute atomic E-state index is 0.0294. The zero-order valence-corrected chi connectivity index (χ0v) is 45.4. The molecule has 4 aliphatic heterocycles. The van der Waals surface area contributed by atoms with Gasteiger partial charge in [-0.05, 0) is 112 Å². The minimum atomic E-state index is -0.987. The molecule has 80 heavy (non-hydrogen) atoms. The zero-order chi connectivity index (χ0) is 54.2. The van der Waals surface area contributed by atoms with E-state index < -0.39 is 34.2 Å². The van der Waals surface area contributed by atoms with Crippen molar-refractivity contribution in [1.82, 2.24) is 15.5 Å². The van der Waals surface area contributed by atoms with Gasteiger partial charge in [0, 0.05) is 71.3 Å². The topological polar surface area (TPSA) is 165 Å². The summed E-state index contributed by atoms with van der Waals surface area (Å²) in [5.74, 6) is 2.49. The van der Waals surface area contributed by atoms with Gasteiger partial charge in [-0.25, -0.2) is 4.57 Å². The van der Waals surface area contributed by atoms with Crippen LogP contribution >= 0.6 is 0 Å². The summed E-state index contributed by atoms with van der Waals surface area (Å²) in [4.78, 5) is 29.3. The number of aromatic nitrogens is 1. The first-order chi connectivity index (χ1) is 38.9. The van der Waals surface area contributed by atoms with E-state index in [4.69, 9.17) is 9.47 Å². The normalized spacial score (nSPS) is 33.4. The highest BCUT2D eigenvalue weighted by Gasteiger charge is 2.77. The number of phenols is 2. The number of hydrogen-bond donors (Lipinski definition) is 6. The maximum absolute atomic E-state index is 13.5. The molecule has 11 atom stereocenters. The number of ether oxygens (including phenoxy) is 2. The second kappa shape index (κ2) is 18.6. The van der Waals surface area contributed by atoms with Gasteiger partial charge < -0.3 is 45.0 Å². The lowest BCUT2D eigenvalue weighted by Gasteiger charge is -2.66. The molecule has 6 aromatic rings. The Morgan fingerprint density at radius 2 is 1.14 bits per heavy atom. The molecule has 412 valence electrons. The highest BCUT2D eigenvalue weighted by molar-refractivity contribution is 5.95. The number of rotatable bonds is 12. The summed E-state index contributed by atoms with van der Waals surface area (Å²) >= 11 is 0. The minimum Gasteiger partial charge on any atom is -0.504 e. The van der Waals surface area contributed by atoms with E-state index >= 15 is 0 Å². The molecule has 13 nitrogen and oxygen atoms in total. The molecule has 2 amide bonds. The first kappa shape index (κ1) is 50.2. The van der Waals surface area contributed by atoms with Crippen LogP contribution in [0.1, 0.15) is 118 Å². The molecule has 6 fully saturated rings. The number of aliphatic hydroxyl groups is 2. The Kier molecular flexibility index (Phi) is 11.7. The number of aromatic hydroxyl groups is 2. The lowest BCUT2D eigenvalue weighted by Crippen LogP contribution is -2.82. The summed E-state index contributed by atoms with van der Waals surface area (Å²) in [6.45, 7) is 5.65. The lowest BCUT2D eigenvalue weighted by molar-refractivity contribution is -0.979. The number of amides is 2. The second-order valence-electron chi connectivity index (χ2n) is 25.7. The first-order valence-corrected chi connectivity index (χ1v) is 29.7. The molecule has 4 saturated carbocycles.